The maximum Gasteiger partial charge on any atom is 0.223 e. The van der Waals surface area contributed by atoms with Crippen LogP contribution in [-0.2, 0) is 21.2 Å². The van der Waals surface area contributed by atoms with Crippen LogP contribution in [0.1, 0.15) is 25.5 Å². The highest BCUT2D eigenvalue weighted by atomic mass is 32.2. The first-order valence-electron chi connectivity index (χ1n) is 7.65. The highest BCUT2D eigenvalue weighted by Crippen LogP contribution is 2.20. The molecule has 1 aliphatic rings. The molecule has 0 aliphatic carbocycles. The number of nitrogens with zero attached hydrogens (tertiary/aromatic N) is 1. The van der Waals surface area contributed by atoms with E-state index in [-0.39, 0.29) is 18.4 Å². The van der Waals surface area contributed by atoms with Crippen molar-refractivity contribution < 1.29 is 22.7 Å². The fourth-order valence-corrected chi connectivity index (χ4v) is 3.60. The van der Waals surface area contributed by atoms with Crippen LogP contribution in [0, 0.1) is 5.92 Å². The smallest absolute Gasteiger partial charge is 0.223 e. The van der Waals surface area contributed by atoms with Crippen molar-refractivity contribution in [1.82, 2.24) is 9.62 Å². The van der Waals surface area contributed by atoms with Gasteiger partial charge in [0.1, 0.15) is 5.76 Å². The first-order chi connectivity index (χ1) is 10.7. The Morgan fingerprint density at radius 1 is 1.48 bits per heavy atom. The van der Waals surface area contributed by atoms with Gasteiger partial charge in [0, 0.05) is 32.0 Å². The summed E-state index contributed by atoms with van der Waals surface area (Å²) in [6.07, 6.45) is 4.03. The fraction of sp³-hybridized carbons (Fsp3) is 0.667. The molecule has 130 valence electrons. The lowest BCUT2D eigenvalue weighted by Crippen LogP contribution is -2.47. The summed E-state index contributed by atoms with van der Waals surface area (Å²) in [6, 6.07) is 3.52. The van der Waals surface area contributed by atoms with Crippen molar-refractivity contribution in [3.05, 3.63) is 24.2 Å². The summed E-state index contributed by atoms with van der Waals surface area (Å²) in [5, 5.41) is 13.1. The standard InChI is InChI=1S/C15H24N2O5S/c1-15(19,10-13-4-3-9-22-13)11-16-14(18)12-5-7-17(8-6-12)23(2,20)21/h3-4,9,12,19H,5-8,10-11H2,1-2H3,(H,16,18)/t15-/m1/s1. The third-order valence-electron chi connectivity index (χ3n) is 4.07. The molecular formula is C15H24N2O5S. The van der Waals surface area contributed by atoms with Gasteiger partial charge in [-0.05, 0) is 31.9 Å². The SMILES string of the molecule is C[C@](O)(CNC(=O)C1CCN(S(C)(=O)=O)CC1)Cc1ccco1. The molecule has 0 bridgehead atoms. The zero-order chi connectivity index (χ0) is 17.1. The van der Waals surface area contributed by atoms with Gasteiger partial charge >= 0.3 is 0 Å². The minimum Gasteiger partial charge on any atom is -0.469 e. The summed E-state index contributed by atoms with van der Waals surface area (Å²) in [6.45, 7) is 2.49. The minimum atomic E-state index is -3.19. The summed E-state index contributed by atoms with van der Waals surface area (Å²) in [5.74, 6) is 0.302. The van der Waals surface area contributed by atoms with Crippen LogP contribution in [0.5, 0.6) is 0 Å². The van der Waals surface area contributed by atoms with E-state index in [0.29, 0.717) is 38.1 Å². The van der Waals surface area contributed by atoms with E-state index >= 15 is 0 Å². The minimum absolute atomic E-state index is 0.124. The van der Waals surface area contributed by atoms with Crippen molar-refractivity contribution in [1.29, 1.82) is 0 Å². The van der Waals surface area contributed by atoms with Crippen molar-refractivity contribution >= 4 is 15.9 Å². The van der Waals surface area contributed by atoms with E-state index in [2.05, 4.69) is 5.32 Å². The molecule has 0 unspecified atom stereocenters. The molecule has 0 aromatic carbocycles. The average molecular weight is 344 g/mol. The van der Waals surface area contributed by atoms with Gasteiger partial charge in [-0.3, -0.25) is 4.79 Å². The monoisotopic (exact) mass is 344 g/mol. The Morgan fingerprint density at radius 3 is 2.65 bits per heavy atom. The Balaban J connectivity index is 1.79. The highest BCUT2D eigenvalue weighted by Gasteiger charge is 2.30. The van der Waals surface area contributed by atoms with E-state index in [1.165, 1.54) is 10.6 Å². The molecular weight excluding hydrogens is 320 g/mol. The molecule has 2 rings (SSSR count). The zero-order valence-corrected chi connectivity index (χ0v) is 14.3. The Kier molecular flexibility index (Phi) is 5.49. The Labute approximate surface area is 136 Å². The molecule has 1 saturated heterocycles. The van der Waals surface area contributed by atoms with Gasteiger partial charge in [0.2, 0.25) is 15.9 Å². The molecule has 23 heavy (non-hydrogen) atoms. The Morgan fingerprint density at radius 2 is 2.13 bits per heavy atom. The summed E-state index contributed by atoms with van der Waals surface area (Å²) >= 11 is 0. The van der Waals surface area contributed by atoms with E-state index in [0.717, 1.165) is 0 Å². The number of nitrogens with one attached hydrogen (secondary N) is 1. The molecule has 1 aliphatic heterocycles. The van der Waals surface area contributed by atoms with Gasteiger partial charge in [-0.15, -0.1) is 0 Å². The fourth-order valence-electron chi connectivity index (χ4n) is 2.72. The normalized spacial score (nSPS) is 20.1. The van der Waals surface area contributed by atoms with Crippen molar-refractivity contribution in [2.75, 3.05) is 25.9 Å². The topological polar surface area (TPSA) is 99.9 Å². The largest absolute Gasteiger partial charge is 0.469 e. The van der Waals surface area contributed by atoms with Gasteiger partial charge < -0.3 is 14.8 Å². The van der Waals surface area contributed by atoms with Crippen LogP contribution in [-0.4, -0.2) is 55.2 Å². The van der Waals surface area contributed by atoms with Gasteiger partial charge in [-0.1, -0.05) is 0 Å². The quantitative estimate of drug-likeness (QED) is 0.776. The molecule has 2 N–H and O–H groups in total. The predicted octanol–water partition coefficient (Wildman–Crippen LogP) is 0.361. The predicted molar refractivity (Wildman–Crippen MR) is 85.2 cm³/mol. The summed E-state index contributed by atoms with van der Waals surface area (Å²) in [5.41, 5.74) is -1.10. The maximum absolute atomic E-state index is 12.2. The number of furan rings is 1. The van der Waals surface area contributed by atoms with Gasteiger partial charge in [-0.25, -0.2) is 12.7 Å². The second-order valence-corrected chi connectivity index (χ2v) is 8.39. The number of hydrogen-bond acceptors (Lipinski definition) is 5. The van der Waals surface area contributed by atoms with Gasteiger partial charge in [-0.2, -0.15) is 0 Å². The number of hydrogen-bond donors (Lipinski definition) is 2. The molecule has 1 fully saturated rings. The van der Waals surface area contributed by atoms with E-state index in [4.69, 9.17) is 4.42 Å². The number of rotatable bonds is 6. The molecule has 2 heterocycles. The van der Waals surface area contributed by atoms with Gasteiger partial charge in [0.05, 0.1) is 18.1 Å². The van der Waals surface area contributed by atoms with Crippen molar-refractivity contribution in [3.8, 4) is 0 Å². The molecule has 1 aromatic heterocycles. The number of carbonyl (C=O) groups excluding carboxylic acids is 1. The average Bonchev–Trinajstić information content (AvgIpc) is 2.96. The van der Waals surface area contributed by atoms with Crippen LogP contribution in [0.4, 0.5) is 0 Å². The van der Waals surface area contributed by atoms with Crippen molar-refractivity contribution in [2.45, 2.75) is 31.8 Å². The lowest BCUT2D eigenvalue weighted by molar-refractivity contribution is -0.127. The van der Waals surface area contributed by atoms with Crippen LogP contribution < -0.4 is 5.32 Å². The van der Waals surface area contributed by atoms with Gasteiger partial charge in [0.15, 0.2) is 0 Å². The lowest BCUT2D eigenvalue weighted by atomic mass is 9.96. The summed E-state index contributed by atoms with van der Waals surface area (Å²) < 4.78 is 29.5. The molecule has 0 radical (unpaired) electrons. The zero-order valence-electron chi connectivity index (χ0n) is 13.5. The Hall–Kier alpha value is -1.38. The van der Waals surface area contributed by atoms with E-state index in [1.807, 2.05) is 0 Å². The number of aliphatic hydroxyl groups is 1. The number of carbonyl (C=O) groups is 1. The van der Waals surface area contributed by atoms with Crippen molar-refractivity contribution in [3.63, 3.8) is 0 Å². The molecule has 1 atom stereocenters. The number of piperidine rings is 1. The second kappa shape index (κ2) is 7.02. The van der Waals surface area contributed by atoms with Crippen LogP contribution in [0.3, 0.4) is 0 Å². The summed E-state index contributed by atoms with van der Waals surface area (Å²) in [4.78, 5) is 12.2. The van der Waals surface area contributed by atoms with E-state index < -0.39 is 15.6 Å². The molecule has 0 spiro atoms. The molecule has 1 amide bonds. The first-order valence-corrected chi connectivity index (χ1v) is 9.50. The third kappa shape index (κ3) is 5.33. The molecule has 1 aromatic rings. The second-order valence-electron chi connectivity index (χ2n) is 6.41. The van der Waals surface area contributed by atoms with Crippen LogP contribution in [0.2, 0.25) is 0 Å². The maximum atomic E-state index is 12.2. The highest BCUT2D eigenvalue weighted by molar-refractivity contribution is 7.88. The number of amides is 1. The van der Waals surface area contributed by atoms with Crippen LogP contribution >= 0.6 is 0 Å². The lowest BCUT2D eigenvalue weighted by Gasteiger charge is -2.30. The Bertz CT molecular complexity index is 616. The molecule has 8 heteroatoms. The van der Waals surface area contributed by atoms with E-state index in [9.17, 15) is 18.3 Å². The van der Waals surface area contributed by atoms with Crippen LogP contribution in [0.15, 0.2) is 22.8 Å². The molecule has 0 saturated carbocycles. The van der Waals surface area contributed by atoms with Crippen LogP contribution in [0.25, 0.3) is 0 Å². The molecule has 7 nitrogen and oxygen atoms in total. The first kappa shape index (κ1) is 18.0. The van der Waals surface area contributed by atoms with Crippen molar-refractivity contribution in [2.24, 2.45) is 5.92 Å². The number of sulfonamides is 1. The van der Waals surface area contributed by atoms with Gasteiger partial charge in [0.25, 0.3) is 0 Å². The third-order valence-corrected chi connectivity index (χ3v) is 5.38. The summed E-state index contributed by atoms with van der Waals surface area (Å²) in [7, 11) is -3.19. The van der Waals surface area contributed by atoms with E-state index in [1.54, 1.807) is 25.3 Å².